The van der Waals surface area contributed by atoms with Gasteiger partial charge in [-0.2, -0.15) is 0 Å². The van der Waals surface area contributed by atoms with Crippen LogP contribution in [0.5, 0.6) is 0 Å². The maximum absolute atomic E-state index is 13.1. The van der Waals surface area contributed by atoms with Crippen LogP contribution in [0.1, 0.15) is 108 Å². The molecule has 0 radical (unpaired) electrons. The van der Waals surface area contributed by atoms with Crippen molar-refractivity contribution in [1.29, 1.82) is 0 Å². The van der Waals surface area contributed by atoms with Crippen molar-refractivity contribution in [3.05, 3.63) is 71.8 Å². The number of hydrogen-bond donors (Lipinski definition) is 4. The van der Waals surface area contributed by atoms with Crippen LogP contribution in [0.4, 0.5) is 0 Å². The van der Waals surface area contributed by atoms with Gasteiger partial charge in [0.05, 0.1) is 19.1 Å². The number of benzene rings is 2. The Hall–Kier alpha value is -4.91. The maximum Gasteiger partial charge on any atom is 0.328 e. The van der Waals surface area contributed by atoms with Crippen LogP contribution in [0.2, 0.25) is 0 Å². The number of ether oxygens (including phenoxy) is 2. The zero-order valence-corrected chi connectivity index (χ0v) is 33.1. The number of likely N-dealkylation sites (N-methyl/N-ethyl adjacent to an activating group) is 1. The van der Waals surface area contributed by atoms with E-state index in [-0.39, 0.29) is 68.8 Å². The first-order valence-corrected chi connectivity index (χ1v) is 19.9. The van der Waals surface area contributed by atoms with Gasteiger partial charge in [0.1, 0.15) is 23.7 Å². The second-order valence-corrected chi connectivity index (χ2v) is 14.1. The number of carboxylic acid groups (broad SMARTS) is 1. The van der Waals surface area contributed by atoms with Crippen LogP contribution in [0.3, 0.4) is 0 Å². The lowest BCUT2D eigenvalue weighted by Gasteiger charge is -2.18. The average Bonchev–Trinajstić information content (AvgIpc) is 3.17. The third-order valence-corrected chi connectivity index (χ3v) is 9.25. The quantitative estimate of drug-likeness (QED) is 0.0590. The summed E-state index contributed by atoms with van der Waals surface area (Å²) < 4.78 is 11.1. The molecule has 2 aromatic carbocycles. The van der Waals surface area contributed by atoms with E-state index in [0.29, 0.717) is 57.8 Å². The second kappa shape index (κ2) is 28.5. The highest BCUT2D eigenvalue weighted by Crippen LogP contribution is 2.18. The predicted molar refractivity (Wildman–Crippen MR) is 211 cm³/mol. The summed E-state index contributed by atoms with van der Waals surface area (Å²) in [7, 11) is 1.50. The lowest BCUT2D eigenvalue weighted by Crippen LogP contribution is -2.44. The number of hydrogen-bond acceptors (Lipinski definition) is 10. The number of nitrogens with one attached hydrogen (secondary N) is 3. The van der Waals surface area contributed by atoms with Crippen molar-refractivity contribution in [3.63, 3.8) is 0 Å². The zero-order chi connectivity index (χ0) is 41.0. The predicted octanol–water partition coefficient (Wildman–Crippen LogP) is 5.07. The van der Waals surface area contributed by atoms with E-state index in [0.717, 1.165) is 30.4 Å². The molecule has 3 atom stereocenters. The molecule has 0 spiro atoms. The Morgan fingerprint density at radius 2 is 1.12 bits per heavy atom. The first-order valence-electron chi connectivity index (χ1n) is 19.9. The van der Waals surface area contributed by atoms with E-state index in [1.807, 2.05) is 60.7 Å². The number of carboxylic acids is 1. The third-order valence-electron chi connectivity index (χ3n) is 9.25. The molecule has 2 aromatic rings. The Labute approximate surface area is 331 Å². The number of carbonyl (C=O) groups excluding carboxylic acids is 6. The lowest BCUT2D eigenvalue weighted by molar-refractivity contribution is -0.150. The molecule has 2 rings (SSSR count). The smallest absolute Gasteiger partial charge is 0.328 e. The molecule has 0 fully saturated rings. The summed E-state index contributed by atoms with van der Waals surface area (Å²) in [6, 6.07) is 17.1. The van der Waals surface area contributed by atoms with Gasteiger partial charge in [-0.25, -0.2) is 4.79 Å². The van der Waals surface area contributed by atoms with E-state index >= 15 is 0 Å². The van der Waals surface area contributed by atoms with Crippen LogP contribution in [0, 0.1) is 5.92 Å². The highest BCUT2D eigenvalue weighted by Gasteiger charge is 2.25. The first-order chi connectivity index (χ1) is 27.0. The fourth-order valence-electron chi connectivity index (χ4n) is 6.01. The highest BCUT2D eigenvalue weighted by atomic mass is 16.5. The Morgan fingerprint density at radius 3 is 1.71 bits per heavy atom. The Kier molecular flexibility index (Phi) is 24.0. The van der Waals surface area contributed by atoms with E-state index in [9.17, 15) is 33.6 Å². The van der Waals surface area contributed by atoms with Crippen LogP contribution >= 0.6 is 0 Å². The van der Waals surface area contributed by atoms with Gasteiger partial charge < -0.3 is 35.3 Å². The van der Waals surface area contributed by atoms with E-state index in [1.165, 1.54) is 7.05 Å². The highest BCUT2D eigenvalue weighted by molar-refractivity contribution is 5.85. The van der Waals surface area contributed by atoms with Crippen molar-refractivity contribution >= 4 is 41.3 Å². The largest absolute Gasteiger partial charge is 0.480 e. The molecule has 0 aliphatic rings. The van der Waals surface area contributed by atoms with Crippen LogP contribution in [-0.4, -0.2) is 85.3 Å². The minimum Gasteiger partial charge on any atom is -0.480 e. The second-order valence-electron chi connectivity index (χ2n) is 14.1. The van der Waals surface area contributed by atoms with E-state index in [4.69, 9.17) is 14.6 Å². The summed E-state index contributed by atoms with van der Waals surface area (Å²) >= 11 is 0. The SMILES string of the molecule is CNC(CNC(=O)CCCCC(=O)CC(Cc1ccccc1)C(=O)OCCCCCOC(=O)C(Cc1ccccc1)NC(=O)CCCCCCC(C)=O)C(=O)O. The van der Waals surface area contributed by atoms with Gasteiger partial charge in [-0.15, -0.1) is 0 Å². The van der Waals surface area contributed by atoms with Crippen molar-refractivity contribution in [1.82, 2.24) is 16.0 Å². The van der Waals surface area contributed by atoms with Crippen LogP contribution < -0.4 is 16.0 Å². The van der Waals surface area contributed by atoms with Crippen molar-refractivity contribution in [3.8, 4) is 0 Å². The number of aliphatic carboxylic acids is 1. The number of esters is 2. The van der Waals surface area contributed by atoms with Gasteiger partial charge >= 0.3 is 17.9 Å². The molecular weight excluding hydrogens is 718 g/mol. The van der Waals surface area contributed by atoms with Crippen molar-refractivity contribution in [2.45, 2.75) is 122 Å². The van der Waals surface area contributed by atoms with Gasteiger partial charge in [-0.3, -0.25) is 24.0 Å². The molecule has 4 N–H and O–H groups in total. The van der Waals surface area contributed by atoms with E-state index in [2.05, 4.69) is 16.0 Å². The monoisotopic (exact) mass is 779 g/mol. The normalized spacial score (nSPS) is 12.5. The number of carbonyl (C=O) groups is 7. The minimum absolute atomic E-state index is 0.0140. The molecule has 0 aliphatic heterocycles. The summed E-state index contributed by atoms with van der Waals surface area (Å²) in [5.74, 6) is -3.14. The van der Waals surface area contributed by atoms with Gasteiger partial charge in [0, 0.05) is 45.1 Å². The minimum atomic E-state index is -1.06. The van der Waals surface area contributed by atoms with Gasteiger partial charge in [0.2, 0.25) is 11.8 Å². The van der Waals surface area contributed by atoms with Gasteiger partial charge in [-0.05, 0) is 76.5 Å². The van der Waals surface area contributed by atoms with Crippen LogP contribution in [-0.2, 0) is 55.9 Å². The number of rotatable bonds is 31. The Bertz CT molecular complexity index is 1500. The summed E-state index contributed by atoms with van der Waals surface area (Å²) in [4.78, 5) is 86.0. The number of ketones is 2. The molecule has 56 heavy (non-hydrogen) atoms. The fraction of sp³-hybridized carbons (Fsp3) is 0.558. The topological polar surface area (TPSA) is 194 Å². The molecule has 2 amide bonds. The van der Waals surface area contributed by atoms with Gasteiger partial charge in [0.25, 0.3) is 0 Å². The zero-order valence-electron chi connectivity index (χ0n) is 33.1. The van der Waals surface area contributed by atoms with Crippen molar-refractivity contribution in [2.24, 2.45) is 5.92 Å². The number of amides is 2. The Morgan fingerprint density at radius 1 is 0.607 bits per heavy atom. The number of Topliss-reactive ketones (excluding diaryl/α,β-unsaturated/α-hetero) is 2. The molecule has 0 aliphatic carbocycles. The van der Waals surface area contributed by atoms with E-state index in [1.54, 1.807) is 6.92 Å². The molecule has 13 nitrogen and oxygen atoms in total. The van der Waals surface area contributed by atoms with Crippen LogP contribution in [0.25, 0.3) is 0 Å². The molecule has 0 bridgehead atoms. The molecule has 0 saturated heterocycles. The summed E-state index contributed by atoms with van der Waals surface area (Å²) in [5, 5.41) is 17.1. The van der Waals surface area contributed by atoms with Crippen molar-refractivity contribution in [2.75, 3.05) is 26.8 Å². The first kappa shape index (κ1) is 47.2. The summed E-state index contributed by atoms with van der Waals surface area (Å²) in [5.41, 5.74) is 1.80. The average molecular weight is 780 g/mol. The standard InChI is InChI=1S/C43H61N3O10/c1-32(47)18-8-3-4-13-25-40(50)46-37(29-34-21-11-6-12-22-34)43(54)56-27-17-7-16-26-55-42(53)35(28-33-19-9-5-10-20-33)30-36(48)23-14-15-24-39(49)45-31-38(44-2)41(51)52/h5-6,9-12,19-22,35,37-38,44H,3-4,7-8,13-18,23-31H2,1-2H3,(H,45,49)(H,46,50)(H,51,52). The molecule has 0 aromatic heterocycles. The van der Waals surface area contributed by atoms with Gasteiger partial charge in [0.15, 0.2) is 0 Å². The third kappa shape index (κ3) is 21.8. The number of unbranched alkanes of at least 4 members (excludes halogenated alkanes) is 6. The van der Waals surface area contributed by atoms with Crippen LogP contribution in [0.15, 0.2) is 60.7 Å². The molecule has 0 heterocycles. The summed E-state index contributed by atoms with van der Waals surface area (Å²) in [6.07, 6.45) is 7.66. The lowest BCUT2D eigenvalue weighted by atomic mass is 9.92. The molecule has 13 heteroatoms. The summed E-state index contributed by atoms with van der Waals surface area (Å²) in [6.45, 7) is 1.83. The Balaban J connectivity index is 1.76. The van der Waals surface area contributed by atoms with E-state index < -0.39 is 35.9 Å². The molecular formula is C43H61N3O10. The maximum atomic E-state index is 13.1. The van der Waals surface area contributed by atoms with Gasteiger partial charge in [-0.1, -0.05) is 73.5 Å². The molecule has 3 unspecified atom stereocenters. The molecule has 308 valence electrons. The fourth-order valence-corrected chi connectivity index (χ4v) is 6.01. The molecule has 0 saturated carbocycles. The van der Waals surface area contributed by atoms with Crippen molar-refractivity contribution < 1.29 is 48.1 Å².